The number of halogens is 1. The lowest BCUT2D eigenvalue weighted by Gasteiger charge is -2.11. The van der Waals surface area contributed by atoms with E-state index in [1.165, 1.54) is 25.5 Å². The summed E-state index contributed by atoms with van der Waals surface area (Å²) in [4.78, 5) is 22.5. The fourth-order valence-electron chi connectivity index (χ4n) is 2.30. The predicted octanol–water partition coefficient (Wildman–Crippen LogP) is 3.35. The van der Waals surface area contributed by atoms with Crippen molar-refractivity contribution in [1.29, 1.82) is 0 Å². The maximum atomic E-state index is 12.0. The summed E-state index contributed by atoms with van der Waals surface area (Å²) in [6.45, 7) is 2.28. The van der Waals surface area contributed by atoms with Gasteiger partial charge in [-0.05, 0) is 13.0 Å². The first-order chi connectivity index (χ1) is 13.0. The number of nitrogens with zero attached hydrogens (tertiary/aromatic N) is 2. The van der Waals surface area contributed by atoms with E-state index in [-0.39, 0.29) is 12.1 Å². The zero-order chi connectivity index (χ0) is 19.8. The SMILES string of the molecule is CCOc1cc(/C=N/NC(=O)Cc2ccccc2[N+](=O)[O-])c(Cl)cc1OC. The Balaban J connectivity index is 2.08. The lowest BCUT2D eigenvalue weighted by atomic mass is 10.1. The van der Waals surface area contributed by atoms with Crippen molar-refractivity contribution in [2.45, 2.75) is 13.3 Å². The monoisotopic (exact) mass is 391 g/mol. The van der Waals surface area contributed by atoms with Crippen LogP contribution >= 0.6 is 11.6 Å². The van der Waals surface area contributed by atoms with Gasteiger partial charge in [-0.25, -0.2) is 5.43 Å². The van der Waals surface area contributed by atoms with E-state index in [0.717, 1.165) is 0 Å². The third-order valence-electron chi connectivity index (χ3n) is 3.51. The molecule has 0 aliphatic carbocycles. The first kappa shape index (κ1) is 20.2. The molecule has 8 nitrogen and oxygen atoms in total. The number of nitro benzene ring substituents is 1. The fourth-order valence-corrected chi connectivity index (χ4v) is 2.50. The molecule has 9 heteroatoms. The molecule has 1 amide bonds. The summed E-state index contributed by atoms with van der Waals surface area (Å²) in [5.74, 6) is 0.492. The molecular formula is C18H18ClN3O5. The van der Waals surface area contributed by atoms with Gasteiger partial charge in [-0.1, -0.05) is 29.8 Å². The molecule has 0 radical (unpaired) electrons. The number of hydrazone groups is 1. The summed E-state index contributed by atoms with van der Waals surface area (Å²) >= 11 is 6.17. The summed E-state index contributed by atoms with van der Waals surface area (Å²) in [7, 11) is 1.50. The quantitative estimate of drug-likeness (QED) is 0.422. The minimum Gasteiger partial charge on any atom is -0.493 e. The maximum Gasteiger partial charge on any atom is 0.273 e. The smallest absolute Gasteiger partial charge is 0.273 e. The third-order valence-corrected chi connectivity index (χ3v) is 3.84. The summed E-state index contributed by atoms with van der Waals surface area (Å²) in [5, 5.41) is 15.2. The highest BCUT2D eigenvalue weighted by Crippen LogP contribution is 2.32. The van der Waals surface area contributed by atoms with E-state index in [1.54, 1.807) is 24.3 Å². The second-order valence-corrected chi connectivity index (χ2v) is 5.72. The molecule has 0 aromatic heterocycles. The number of rotatable bonds is 8. The van der Waals surface area contributed by atoms with Crippen LogP contribution in [0.1, 0.15) is 18.1 Å². The molecule has 0 saturated heterocycles. The Morgan fingerprint density at radius 3 is 2.74 bits per heavy atom. The van der Waals surface area contributed by atoms with Gasteiger partial charge in [0.1, 0.15) is 0 Å². The van der Waals surface area contributed by atoms with Crippen LogP contribution in [0.3, 0.4) is 0 Å². The first-order valence-electron chi connectivity index (χ1n) is 8.00. The van der Waals surface area contributed by atoms with Crippen LogP contribution in [0.5, 0.6) is 11.5 Å². The van der Waals surface area contributed by atoms with Crippen molar-refractivity contribution in [3.63, 3.8) is 0 Å². The van der Waals surface area contributed by atoms with Gasteiger partial charge in [0.05, 0.1) is 36.3 Å². The highest BCUT2D eigenvalue weighted by molar-refractivity contribution is 6.33. The van der Waals surface area contributed by atoms with Crippen LogP contribution in [0.2, 0.25) is 5.02 Å². The molecule has 0 atom stereocenters. The second kappa shape index (κ2) is 9.54. The number of ether oxygens (including phenoxy) is 2. The molecule has 0 bridgehead atoms. The van der Waals surface area contributed by atoms with Crippen LogP contribution in [0.4, 0.5) is 5.69 Å². The average molecular weight is 392 g/mol. The van der Waals surface area contributed by atoms with Crippen molar-refractivity contribution >= 4 is 29.4 Å². The molecule has 2 aromatic carbocycles. The predicted molar refractivity (Wildman–Crippen MR) is 102 cm³/mol. The molecule has 0 saturated carbocycles. The van der Waals surface area contributed by atoms with Crippen molar-refractivity contribution in [3.8, 4) is 11.5 Å². The van der Waals surface area contributed by atoms with E-state index in [1.807, 2.05) is 6.92 Å². The normalized spacial score (nSPS) is 10.6. The van der Waals surface area contributed by atoms with Crippen molar-refractivity contribution < 1.29 is 19.2 Å². The van der Waals surface area contributed by atoms with Crippen molar-refractivity contribution in [3.05, 3.63) is 62.7 Å². The molecule has 0 aliphatic rings. The highest BCUT2D eigenvalue weighted by Gasteiger charge is 2.15. The summed E-state index contributed by atoms with van der Waals surface area (Å²) < 4.78 is 10.7. The molecule has 2 rings (SSSR count). The Hall–Kier alpha value is -3.13. The Kier molecular flexibility index (Phi) is 7.13. The highest BCUT2D eigenvalue weighted by atomic mass is 35.5. The van der Waals surface area contributed by atoms with Gasteiger partial charge in [0, 0.05) is 23.3 Å². The van der Waals surface area contributed by atoms with Crippen molar-refractivity contribution in [1.82, 2.24) is 5.43 Å². The molecule has 142 valence electrons. The molecular weight excluding hydrogens is 374 g/mol. The molecule has 0 unspecified atom stereocenters. The topological polar surface area (TPSA) is 103 Å². The Bertz CT molecular complexity index is 870. The molecule has 0 spiro atoms. The van der Waals surface area contributed by atoms with E-state index in [0.29, 0.717) is 34.3 Å². The van der Waals surface area contributed by atoms with Gasteiger partial charge in [-0.3, -0.25) is 14.9 Å². The molecule has 0 aliphatic heterocycles. The number of para-hydroxylation sites is 1. The number of benzene rings is 2. The third kappa shape index (κ3) is 5.42. The van der Waals surface area contributed by atoms with E-state index in [4.69, 9.17) is 21.1 Å². The Labute approximate surface area is 160 Å². The number of carbonyl (C=O) groups excluding carboxylic acids is 1. The number of hydrogen-bond acceptors (Lipinski definition) is 6. The van der Waals surface area contributed by atoms with Crippen LogP contribution in [-0.2, 0) is 11.2 Å². The minimum absolute atomic E-state index is 0.115. The minimum atomic E-state index is -0.529. The van der Waals surface area contributed by atoms with Gasteiger partial charge < -0.3 is 9.47 Å². The van der Waals surface area contributed by atoms with Gasteiger partial charge in [0.2, 0.25) is 5.91 Å². The standard InChI is InChI=1S/C18H18ClN3O5/c1-3-27-17-8-13(14(19)10-16(17)26-2)11-20-21-18(23)9-12-6-4-5-7-15(12)22(24)25/h4-8,10-11H,3,9H2,1-2H3,(H,21,23)/b20-11+. The van der Waals surface area contributed by atoms with Crippen LogP contribution < -0.4 is 14.9 Å². The van der Waals surface area contributed by atoms with Gasteiger partial charge in [-0.2, -0.15) is 5.10 Å². The van der Waals surface area contributed by atoms with Crippen LogP contribution in [0.25, 0.3) is 0 Å². The molecule has 27 heavy (non-hydrogen) atoms. The number of methoxy groups -OCH3 is 1. The summed E-state index contributed by atoms with van der Waals surface area (Å²) in [6.07, 6.45) is 1.19. The molecule has 0 heterocycles. The van der Waals surface area contributed by atoms with Crippen molar-refractivity contribution in [2.24, 2.45) is 5.10 Å². The second-order valence-electron chi connectivity index (χ2n) is 5.31. The van der Waals surface area contributed by atoms with Gasteiger partial charge in [-0.15, -0.1) is 0 Å². The Morgan fingerprint density at radius 2 is 2.07 bits per heavy atom. The van der Waals surface area contributed by atoms with E-state index >= 15 is 0 Å². The zero-order valence-electron chi connectivity index (χ0n) is 14.8. The fraction of sp³-hybridized carbons (Fsp3) is 0.222. The van der Waals surface area contributed by atoms with Gasteiger partial charge in [0.25, 0.3) is 5.69 Å². The van der Waals surface area contributed by atoms with Gasteiger partial charge >= 0.3 is 0 Å². The number of amides is 1. The maximum absolute atomic E-state index is 12.0. The summed E-state index contributed by atoms with van der Waals surface area (Å²) in [6, 6.07) is 9.27. The number of nitro groups is 1. The lowest BCUT2D eigenvalue weighted by molar-refractivity contribution is -0.385. The average Bonchev–Trinajstić information content (AvgIpc) is 2.64. The first-order valence-corrected chi connectivity index (χ1v) is 8.38. The molecule has 1 N–H and O–H groups in total. The van der Waals surface area contributed by atoms with E-state index in [2.05, 4.69) is 10.5 Å². The zero-order valence-corrected chi connectivity index (χ0v) is 15.5. The van der Waals surface area contributed by atoms with E-state index in [9.17, 15) is 14.9 Å². The van der Waals surface area contributed by atoms with Crippen LogP contribution in [0, 0.1) is 10.1 Å². The van der Waals surface area contributed by atoms with Crippen LogP contribution in [0.15, 0.2) is 41.5 Å². The van der Waals surface area contributed by atoms with Gasteiger partial charge in [0.15, 0.2) is 11.5 Å². The van der Waals surface area contributed by atoms with E-state index < -0.39 is 10.8 Å². The van der Waals surface area contributed by atoms with Crippen LogP contribution in [-0.4, -0.2) is 30.8 Å². The molecule has 2 aromatic rings. The van der Waals surface area contributed by atoms with Crippen molar-refractivity contribution in [2.75, 3.05) is 13.7 Å². The molecule has 0 fully saturated rings. The summed E-state index contributed by atoms with van der Waals surface area (Å²) in [5.41, 5.74) is 3.04. The number of nitrogens with one attached hydrogen (secondary N) is 1. The number of carbonyl (C=O) groups is 1. The lowest BCUT2D eigenvalue weighted by Crippen LogP contribution is -2.20. The largest absolute Gasteiger partial charge is 0.493 e. The number of hydrogen-bond donors (Lipinski definition) is 1. The Morgan fingerprint density at radius 1 is 1.33 bits per heavy atom.